The van der Waals surface area contributed by atoms with Crippen LogP contribution in [0.5, 0.6) is 0 Å². The maximum atomic E-state index is 12.7. The monoisotopic (exact) mass is 379 g/mol. The van der Waals surface area contributed by atoms with Crippen molar-refractivity contribution < 1.29 is 14.3 Å². The van der Waals surface area contributed by atoms with Crippen molar-refractivity contribution in [3.8, 4) is 0 Å². The number of ether oxygens (including phenoxy) is 1. The average molecular weight is 379 g/mol. The zero-order chi connectivity index (χ0) is 19.9. The lowest BCUT2D eigenvalue weighted by Crippen LogP contribution is -2.35. The number of methoxy groups -OCH3 is 1. The molecule has 3 rings (SSSR count). The number of nitrogens with one attached hydrogen (secondary N) is 1. The SMILES string of the molecule is COC(=O)Cc1nn(CC(=O)NCCc2ccccc2)c(=O)c2ccccc12. The molecule has 0 saturated carbocycles. The van der Waals surface area contributed by atoms with E-state index in [2.05, 4.69) is 10.4 Å². The molecule has 0 unspecified atom stereocenters. The number of hydrogen-bond donors (Lipinski definition) is 1. The third-order valence-corrected chi connectivity index (χ3v) is 4.36. The fourth-order valence-electron chi connectivity index (χ4n) is 2.93. The Morgan fingerprint density at radius 3 is 2.43 bits per heavy atom. The molecule has 0 bridgehead atoms. The predicted molar refractivity (Wildman–Crippen MR) is 105 cm³/mol. The molecular weight excluding hydrogens is 358 g/mol. The molecule has 1 heterocycles. The first-order valence-corrected chi connectivity index (χ1v) is 8.94. The highest BCUT2D eigenvalue weighted by Crippen LogP contribution is 2.14. The summed E-state index contributed by atoms with van der Waals surface area (Å²) in [5.74, 6) is -0.778. The van der Waals surface area contributed by atoms with E-state index in [-0.39, 0.29) is 24.4 Å². The van der Waals surface area contributed by atoms with Crippen molar-refractivity contribution in [1.82, 2.24) is 15.1 Å². The van der Waals surface area contributed by atoms with Gasteiger partial charge in [0.1, 0.15) is 6.54 Å². The first-order chi connectivity index (χ1) is 13.6. The molecule has 2 aromatic carbocycles. The highest BCUT2D eigenvalue weighted by molar-refractivity contribution is 5.87. The standard InChI is InChI=1S/C21H21N3O4/c1-28-20(26)13-18-16-9-5-6-10-17(16)21(27)24(23-18)14-19(25)22-12-11-15-7-3-2-4-8-15/h2-10H,11-14H2,1H3,(H,22,25). The van der Waals surface area contributed by atoms with E-state index >= 15 is 0 Å². The lowest BCUT2D eigenvalue weighted by Gasteiger charge is -2.11. The maximum Gasteiger partial charge on any atom is 0.311 e. The number of carbonyl (C=O) groups excluding carboxylic acids is 2. The van der Waals surface area contributed by atoms with E-state index in [1.165, 1.54) is 7.11 Å². The Labute approximate surface area is 161 Å². The Balaban J connectivity index is 1.76. The van der Waals surface area contributed by atoms with Crippen LogP contribution in [0, 0.1) is 0 Å². The van der Waals surface area contributed by atoms with Crippen molar-refractivity contribution in [1.29, 1.82) is 0 Å². The van der Waals surface area contributed by atoms with Crippen LogP contribution in [0.15, 0.2) is 59.4 Å². The number of carbonyl (C=O) groups is 2. The van der Waals surface area contributed by atoms with Gasteiger partial charge in [0.05, 0.1) is 24.6 Å². The van der Waals surface area contributed by atoms with E-state index in [0.29, 0.717) is 29.4 Å². The van der Waals surface area contributed by atoms with Crippen LogP contribution in [0.3, 0.4) is 0 Å². The van der Waals surface area contributed by atoms with Crippen molar-refractivity contribution in [2.45, 2.75) is 19.4 Å². The Bertz CT molecular complexity index is 1040. The minimum atomic E-state index is -0.463. The third-order valence-electron chi connectivity index (χ3n) is 4.36. The van der Waals surface area contributed by atoms with Gasteiger partial charge < -0.3 is 10.1 Å². The summed E-state index contributed by atoms with van der Waals surface area (Å²) in [6.45, 7) is 0.243. The quantitative estimate of drug-likeness (QED) is 0.628. The normalized spacial score (nSPS) is 10.6. The largest absolute Gasteiger partial charge is 0.469 e. The van der Waals surface area contributed by atoms with Crippen molar-refractivity contribution in [2.24, 2.45) is 0 Å². The zero-order valence-corrected chi connectivity index (χ0v) is 15.6. The smallest absolute Gasteiger partial charge is 0.311 e. The molecule has 0 atom stereocenters. The van der Waals surface area contributed by atoms with Gasteiger partial charge in [0.25, 0.3) is 5.56 Å². The number of nitrogens with zero attached hydrogens (tertiary/aromatic N) is 2. The topological polar surface area (TPSA) is 90.3 Å². The molecule has 1 aromatic heterocycles. The first-order valence-electron chi connectivity index (χ1n) is 8.94. The van der Waals surface area contributed by atoms with Crippen molar-refractivity contribution in [2.75, 3.05) is 13.7 Å². The van der Waals surface area contributed by atoms with Gasteiger partial charge in [-0.3, -0.25) is 14.4 Å². The second kappa shape index (κ2) is 8.94. The summed E-state index contributed by atoms with van der Waals surface area (Å²) in [7, 11) is 1.29. The number of rotatable bonds is 7. The van der Waals surface area contributed by atoms with Crippen LogP contribution < -0.4 is 10.9 Å². The van der Waals surface area contributed by atoms with Gasteiger partial charge >= 0.3 is 5.97 Å². The van der Waals surface area contributed by atoms with E-state index in [1.54, 1.807) is 24.3 Å². The second-order valence-electron chi connectivity index (χ2n) is 6.29. The summed E-state index contributed by atoms with van der Waals surface area (Å²) in [5, 5.41) is 8.03. The van der Waals surface area contributed by atoms with Gasteiger partial charge in [-0.1, -0.05) is 48.5 Å². The van der Waals surface area contributed by atoms with Gasteiger partial charge in [-0.15, -0.1) is 0 Å². The minimum absolute atomic E-state index is 0.0765. The molecule has 0 aliphatic rings. The number of hydrogen-bond acceptors (Lipinski definition) is 5. The van der Waals surface area contributed by atoms with Crippen LogP contribution in [0.4, 0.5) is 0 Å². The summed E-state index contributed by atoms with van der Waals surface area (Å²) < 4.78 is 5.80. The average Bonchev–Trinajstić information content (AvgIpc) is 2.72. The molecule has 0 radical (unpaired) electrons. The molecule has 1 amide bonds. The number of esters is 1. The molecule has 0 aliphatic carbocycles. The van der Waals surface area contributed by atoms with Crippen LogP contribution in [0.1, 0.15) is 11.3 Å². The molecular formula is C21H21N3O4. The van der Waals surface area contributed by atoms with Gasteiger partial charge in [-0.2, -0.15) is 5.10 Å². The summed E-state index contributed by atoms with van der Waals surface area (Å²) in [6, 6.07) is 16.7. The predicted octanol–water partition coefficient (Wildman–Crippen LogP) is 1.47. The third kappa shape index (κ3) is 4.62. The lowest BCUT2D eigenvalue weighted by molar-refractivity contribution is -0.139. The minimum Gasteiger partial charge on any atom is -0.469 e. The van der Waals surface area contributed by atoms with Crippen LogP contribution in [0.2, 0.25) is 0 Å². The van der Waals surface area contributed by atoms with Crippen LogP contribution in [-0.4, -0.2) is 35.3 Å². The zero-order valence-electron chi connectivity index (χ0n) is 15.6. The summed E-state index contributed by atoms with van der Waals surface area (Å²) in [5.41, 5.74) is 1.14. The highest BCUT2D eigenvalue weighted by atomic mass is 16.5. The lowest BCUT2D eigenvalue weighted by atomic mass is 10.1. The molecule has 0 spiro atoms. The number of benzene rings is 2. The van der Waals surface area contributed by atoms with E-state index < -0.39 is 5.97 Å². The van der Waals surface area contributed by atoms with Crippen LogP contribution in [0.25, 0.3) is 10.8 Å². The molecule has 0 saturated heterocycles. The fourth-order valence-corrected chi connectivity index (χ4v) is 2.93. The van der Waals surface area contributed by atoms with Crippen molar-refractivity contribution >= 4 is 22.6 Å². The number of aromatic nitrogens is 2. The molecule has 7 heteroatoms. The van der Waals surface area contributed by atoms with Gasteiger partial charge in [-0.05, 0) is 18.1 Å². The second-order valence-corrected chi connectivity index (χ2v) is 6.29. The molecule has 1 N–H and O–H groups in total. The number of fused-ring (bicyclic) bond motifs is 1. The Morgan fingerprint density at radius 2 is 1.71 bits per heavy atom. The van der Waals surface area contributed by atoms with Gasteiger partial charge in [0.15, 0.2) is 0 Å². The van der Waals surface area contributed by atoms with Gasteiger partial charge in [-0.25, -0.2) is 4.68 Å². The fraction of sp³-hybridized carbons (Fsp3) is 0.238. The molecule has 0 aliphatic heterocycles. The van der Waals surface area contributed by atoms with Crippen molar-refractivity contribution in [3.05, 3.63) is 76.2 Å². The van der Waals surface area contributed by atoms with Crippen molar-refractivity contribution in [3.63, 3.8) is 0 Å². The van der Waals surface area contributed by atoms with E-state index in [9.17, 15) is 14.4 Å². The highest BCUT2D eigenvalue weighted by Gasteiger charge is 2.15. The summed E-state index contributed by atoms with van der Waals surface area (Å²) in [4.78, 5) is 36.6. The Morgan fingerprint density at radius 1 is 1.04 bits per heavy atom. The summed E-state index contributed by atoms with van der Waals surface area (Å²) in [6.07, 6.45) is 0.618. The molecule has 144 valence electrons. The maximum absolute atomic E-state index is 12.7. The van der Waals surface area contributed by atoms with Crippen LogP contribution in [-0.2, 0) is 33.7 Å². The molecule has 0 fully saturated rings. The molecule has 7 nitrogen and oxygen atoms in total. The number of amides is 1. The van der Waals surface area contributed by atoms with Gasteiger partial charge in [0.2, 0.25) is 5.91 Å². The molecule has 28 heavy (non-hydrogen) atoms. The Kier molecular flexibility index (Phi) is 6.16. The van der Waals surface area contributed by atoms with E-state index in [4.69, 9.17) is 4.74 Å². The van der Waals surface area contributed by atoms with E-state index in [0.717, 1.165) is 10.2 Å². The van der Waals surface area contributed by atoms with Crippen LogP contribution >= 0.6 is 0 Å². The molecule has 3 aromatic rings. The first kappa shape index (κ1) is 19.3. The Hall–Kier alpha value is -3.48. The summed E-state index contributed by atoms with van der Waals surface area (Å²) >= 11 is 0. The van der Waals surface area contributed by atoms with Gasteiger partial charge in [0, 0.05) is 11.9 Å². The van der Waals surface area contributed by atoms with E-state index in [1.807, 2.05) is 30.3 Å².